The van der Waals surface area contributed by atoms with Gasteiger partial charge in [0.2, 0.25) is 0 Å². The number of aliphatic hydroxyl groups is 1. The van der Waals surface area contributed by atoms with Crippen molar-refractivity contribution < 1.29 is 14.6 Å². The van der Waals surface area contributed by atoms with Gasteiger partial charge in [0.1, 0.15) is 0 Å². The van der Waals surface area contributed by atoms with E-state index in [1.807, 2.05) is 0 Å². The first-order valence-corrected chi connectivity index (χ1v) is 14.3. The van der Waals surface area contributed by atoms with Crippen LogP contribution in [0.3, 0.4) is 0 Å². The first-order valence-electron chi connectivity index (χ1n) is 14.3. The Hall–Kier alpha value is -1.79. The van der Waals surface area contributed by atoms with Crippen LogP contribution in [0.15, 0.2) is 30.3 Å². The van der Waals surface area contributed by atoms with Gasteiger partial charge < -0.3 is 25.0 Å². The summed E-state index contributed by atoms with van der Waals surface area (Å²) in [5, 5.41) is 14.4. The Labute approximate surface area is 209 Å². The van der Waals surface area contributed by atoms with Crippen LogP contribution in [0.25, 0.3) is 0 Å². The Morgan fingerprint density at radius 1 is 0.886 bits per heavy atom. The molecule has 4 aliphatic carbocycles. The molecule has 1 aromatic carbocycles. The summed E-state index contributed by atoms with van der Waals surface area (Å²) in [6.07, 6.45) is 12.2. The molecule has 3 saturated heterocycles. The molecule has 7 fully saturated rings. The number of fused-ring (bicyclic) bond motifs is 2. The fraction of sp³-hybridized carbons (Fsp3) is 0.759. The normalized spacial score (nSPS) is 42.5. The molecule has 4 saturated carbocycles. The molecule has 7 aliphatic rings. The molecule has 0 radical (unpaired) electrons. The molecule has 0 spiro atoms. The lowest BCUT2D eigenvalue weighted by Crippen LogP contribution is -2.64. The van der Waals surface area contributed by atoms with Gasteiger partial charge in [0.05, 0.1) is 17.8 Å². The second kappa shape index (κ2) is 8.65. The largest absolute Gasteiger partial charge is 0.390 e. The van der Waals surface area contributed by atoms with Crippen LogP contribution in [0.5, 0.6) is 0 Å². The first-order chi connectivity index (χ1) is 17.0. The van der Waals surface area contributed by atoms with Gasteiger partial charge in [-0.25, -0.2) is 4.79 Å². The second-order valence-electron chi connectivity index (χ2n) is 12.7. The number of amides is 2. The fourth-order valence-electron chi connectivity index (χ4n) is 9.17. The highest BCUT2D eigenvalue weighted by Crippen LogP contribution is 2.55. The molecule has 6 bridgehead atoms. The summed E-state index contributed by atoms with van der Waals surface area (Å²) in [6, 6.07) is 11.8. The van der Waals surface area contributed by atoms with Crippen molar-refractivity contribution in [1.82, 2.24) is 10.2 Å². The maximum Gasteiger partial charge on any atom is 0.318 e. The van der Waals surface area contributed by atoms with E-state index in [2.05, 4.69) is 45.4 Å². The van der Waals surface area contributed by atoms with Crippen LogP contribution >= 0.6 is 0 Å². The van der Waals surface area contributed by atoms with Gasteiger partial charge in [-0.05, 0) is 101 Å². The highest BCUT2D eigenvalue weighted by Gasteiger charge is 2.55. The average molecular weight is 480 g/mol. The molecule has 1 aromatic rings. The number of para-hydroxylation sites is 1. The average Bonchev–Trinajstić information content (AvgIpc) is 3.12. The van der Waals surface area contributed by atoms with E-state index >= 15 is 0 Å². The number of hydrogen-bond acceptors (Lipinski definition) is 4. The third-order valence-electron chi connectivity index (χ3n) is 10.4. The lowest BCUT2D eigenvalue weighted by Gasteiger charge is -2.58. The number of benzene rings is 1. The third kappa shape index (κ3) is 4.15. The molecule has 2 amide bonds. The molecule has 8 rings (SSSR count). The van der Waals surface area contributed by atoms with Crippen molar-refractivity contribution in [2.75, 3.05) is 18.0 Å². The van der Waals surface area contributed by atoms with Gasteiger partial charge in [-0.15, -0.1) is 0 Å². The number of hydrogen-bond donors (Lipinski definition) is 2. The van der Waals surface area contributed by atoms with Crippen LogP contribution < -0.4 is 10.2 Å². The predicted molar refractivity (Wildman–Crippen MR) is 135 cm³/mol. The maximum absolute atomic E-state index is 13.5. The van der Waals surface area contributed by atoms with Gasteiger partial charge in [-0.2, -0.15) is 0 Å². The van der Waals surface area contributed by atoms with Gasteiger partial charge >= 0.3 is 6.03 Å². The van der Waals surface area contributed by atoms with Crippen LogP contribution in [-0.4, -0.2) is 65.1 Å². The van der Waals surface area contributed by atoms with Crippen molar-refractivity contribution in [3.63, 3.8) is 0 Å². The smallest absolute Gasteiger partial charge is 0.318 e. The molecule has 6 heteroatoms. The number of nitrogens with zero attached hydrogens (tertiary/aromatic N) is 2. The predicted octanol–water partition coefficient (Wildman–Crippen LogP) is 4.32. The molecular weight excluding hydrogens is 438 g/mol. The maximum atomic E-state index is 13.5. The number of anilines is 1. The van der Waals surface area contributed by atoms with E-state index in [1.165, 1.54) is 18.5 Å². The number of carbonyl (C=O) groups is 1. The zero-order valence-electron chi connectivity index (χ0n) is 20.9. The molecule has 190 valence electrons. The summed E-state index contributed by atoms with van der Waals surface area (Å²) in [5.74, 6) is 1.61. The van der Waals surface area contributed by atoms with Crippen LogP contribution in [0.1, 0.15) is 70.6 Å². The SMILES string of the molecule is O=C(NC1C2CC3CC1CC(O)(C3)C2)N1C2CCC1CC(OC1CCN(c3ccccc3)CC1)C2. The first kappa shape index (κ1) is 22.4. The van der Waals surface area contributed by atoms with Crippen molar-refractivity contribution in [3.8, 4) is 0 Å². The summed E-state index contributed by atoms with van der Waals surface area (Å²) in [5.41, 5.74) is 0.876. The lowest BCUT2D eigenvalue weighted by atomic mass is 9.52. The summed E-state index contributed by atoms with van der Waals surface area (Å²) in [6.45, 7) is 2.12. The number of carbonyl (C=O) groups excluding carboxylic acids is 1. The Morgan fingerprint density at radius 3 is 2.17 bits per heavy atom. The van der Waals surface area contributed by atoms with Crippen molar-refractivity contribution >= 4 is 11.7 Å². The second-order valence-corrected chi connectivity index (χ2v) is 12.7. The van der Waals surface area contributed by atoms with Crippen LogP contribution in [0.4, 0.5) is 10.5 Å². The standard InChI is InChI=1S/C29H41N3O3/c33-28(30-27-20-12-19-13-21(27)18-29(34,16-19)17-20)32-23-6-7-24(32)15-26(14-23)35-25-8-10-31(11-9-25)22-4-2-1-3-5-22/h1-5,19-21,23-27,34H,6-18H2,(H,30,33). The number of urea groups is 1. The van der Waals surface area contributed by atoms with Crippen LogP contribution in [0.2, 0.25) is 0 Å². The number of nitrogens with one attached hydrogen (secondary N) is 1. The zero-order valence-corrected chi connectivity index (χ0v) is 20.9. The van der Waals surface area contributed by atoms with E-state index in [4.69, 9.17) is 4.74 Å². The molecule has 4 unspecified atom stereocenters. The summed E-state index contributed by atoms with van der Waals surface area (Å²) in [7, 11) is 0. The quantitative estimate of drug-likeness (QED) is 0.675. The van der Waals surface area contributed by atoms with Gasteiger partial charge in [0.25, 0.3) is 0 Å². The third-order valence-corrected chi connectivity index (χ3v) is 10.4. The monoisotopic (exact) mass is 479 g/mol. The lowest BCUT2D eigenvalue weighted by molar-refractivity contribution is -0.137. The number of piperidine rings is 2. The molecule has 0 aromatic heterocycles. The minimum atomic E-state index is -0.441. The van der Waals surface area contributed by atoms with Crippen molar-refractivity contribution in [2.45, 2.75) is 107 Å². The Morgan fingerprint density at radius 2 is 1.54 bits per heavy atom. The molecule has 35 heavy (non-hydrogen) atoms. The Balaban J connectivity index is 0.928. The van der Waals surface area contributed by atoms with Gasteiger partial charge in [0, 0.05) is 36.9 Å². The van der Waals surface area contributed by atoms with E-state index in [1.54, 1.807) is 0 Å². The Kier molecular flexibility index (Phi) is 5.54. The molecule has 3 aliphatic heterocycles. The Bertz CT molecular complexity index is 902. The van der Waals surface area contributed by atoms with Crippen molar-refractivity contribution in [2.24, 2.45) is 17.8 Å². The van der Waals surface area contributed by atoms with Crippen LogP contribution in [0, 0.1) is 17.8 Å². The zero-order chi connectivity index (χ0) is 23.6. The minimum Gasteiger partial charge on any atom is -0.390 e. The highest BCUT2D eigenvalue weighted by molar-refractivity contribution is 5.76. The van der Waals surface area contributed by atoms with Crippen molar-refractivity contribution in [3.05, 3.63) is 30.3 Å². The molecular formula is C29H41N3O3. The molecule has 6 nitrogen and oxygen atoms in total. The molecule has 4 atom stereocenters. The summed E-state index contributed by atoms with van der Waals surface area (Å²) in [4.78, 5) is 18.2. The van der Waals surface area contributed by atoms with E-state index < -0.39 is 5.60 Å². The van der Waals surface area contributed by atoms with Gasteiger partial charge in [0.15, 0.2) is 0 Å². The van der Waals surface area contributed by atoms with Gasteiger partial charge in [-0.3, -0.25) is 0 Å². The topological polar surface area (TPSA) is 65.0 Å². The number of rotatable bonds is 4. The molecule has 2 N–H and O–H groups in total. The van der Waals surface area contributed by atoms with Crippen molar-refractivity contribution in [1.29, 1.82) is 0 Å². The van der Waals surface area contributed by atoms with E-state index in [0.29, 0.717) is 42.0 Å². The van der Waals surface area contributed by atoms with E-state index in [-0.39, 0.29) is 12.1 Å². The highest BCUT2D eigenvalue weighted by atomic mass is 16.5. The minimum absolute atomic E-state index is 0.164. The number of ether oxygens (including phenoxy) is 1. The fourth-order valence-corrected chi connectivity index (χ4v) is 9.17. The summed E-state index contributed by atoms with van der Waals surface area (Å²) >= 11 is 0. The van der Waals surface area contributed by atoms with Gasteiger partial charge in [-0.1, -0.05) is 18.2 Å². The van der Waals surface area contributed by atoms with E-state index in [0.717, 1.165) is 70.9 Å². The summed E-state index contributed by atoms with van der Waals surface area (Å²) < 4.78 is 6.65. The van der Waals surface area contributed by atoms with E-state index in [9.17, 15) is 9.90 Å². The molecule has 3 heterocycles. The van der Waals surface area contributed by atoms with Crippen LogP contribution in [-0.2, 0) is 4.74 Å².